The van der Waals surface area contributed by atoms with Gasteiger partial charge in [0.2, 0.25) is 0 Å². The van der Waals surface area contributed by atoms with Gasteiger partial charge in [-0.2, -0.15) is 4.98 Å². The van der Waals surface area contributed by atoms with Crippen LogP contribution in [-0.4, -0.2) is 52.1 Å². The third-order valence-corrected chi connectivity index (χ3v) is 5.29. The molecule has 1 saturated heterocycles. The fourth-order valence-electron chi connectivity index (χ4n) is 2.85. The van der Waals surface area contributed by atoms with Crippen LogP contribution in [0.15, 0.2) is 47.0 Å². The SMILES string of the molecule is O=C(c1ccc([N+](=O)[O-])s1)N1CCN(c2noc(-c3ccccc3)n2)CC1. The molecule has 3 heterocycles. The van der Waals surface area contributed by atoms with Crippen LogP contribution in [0.1, 0.15) is 9.67 Å². The van der Waals surface area contributed by atoms with E-state index in [0.717, 1.165) is 16.9 Å². The van der Waals surface area contributed by atoms with Gasteiger partial charge in [-0.3, -0.25) is 14.9 Å². The minimum atomic E-state index is -0.486. The summed E-state index contributed by atoms with van der Waals surface area (Å²) in [5.74, 6) is 0.758. The van der Waals surface area contributed by atoms with Crippen molar-refractivity contribution >= 4 is 28.2 Å². The fourth-order valence-corrected chi connectivity index (χ4v) is 3.64. The van der Waals surface area contributed by atoms with Crippen molar-refractivity contribution in [2.45, 2.75) is 0 Å². The standard InChI is InChI=1S/C17H15N5O4S/c23-16(13-6-7-14(27-13)22(24)25)20-8-10-21(11-9-20)17-18-15(26-19-17)12-4-2-1-3-5-12/h1-7H,8-11H2. The number of aromatic nitrogens is 2. The molecule has 10 heteroatoms. The molecule has 2 aromatic heterocycles. The Morgan fingerprint density at radius 3 is 2.52 bits per heavy atom. The second-order valence-corrected chi connectivity index (χ2v) is 7.00. The Morgan fingerprint density at radius 2 is 1.85 bits per heavy atom. The van der Waals surface area contributed by atoms with Gasteiger partial charge in [-0.25, -0.2) is 0 Å². The highest BCUT2D eigenvalue weighted by atomic mass is 32.1. The maximum absolute atomic E-state index is 12.5. The van der Waals surface area contributed by atoms with E-state index in [-0.39, 0.29) is 10.9 Å². The van der Waals surface area contributed by atoms with Crippen molar-refractivity contribution in [3.05, 3.63) is 57.5 Å². The Morgan fingerprint density at radius 1 is 1.11 bits per heavy atom. The topological polar surface area (TPSA) is 106 Å². The molecular formula is C17H15N5O4S. The number of carbonyl (C=O) groups is 1. The zero-order chi connectivity index (χ0) is 18.8. The summed E-state index contributed by atoms with van der Waals surface area (Å²) in [5.41, 5.74) is 0.851. The fraction of sp³-hybridized carbons (Fsp3) is 0.235. The predicted octanol–water partition coefficient (Wildman–Crippen LogP) is 2.67. The first-order chi connectivity index (χ1) is 13.1. The molecule has 0 atom stereocenters. The van der Waals surface area contributed by atoms with Crippen LogP contribution in [0.2, 0.25) is 0 Å². The number of nitro groups is 1. The zero-order valence-corrected chi connectivity index (χ0v) is 15.0. The number of anilines is 1. The molecule has 9 nitrogen and oxygen atoms in total. The number of piperazine rings is 1. The summed E-state index contributed by atoms with van der Waals surface area (Å²) in [5, 5.41) is 14.8. The minimum Gasteiger partial charge on any atom is -0.335 e. The van der Waals surface area contributed by atoms with E-state index in [0.29, 0.717) is 42.9 Å². The Balaban J connectivity index is 1.39. The molecule has 3 aromatic rings. The second-order valence-electron chi connectivity index (χ2n) is 5.94. The van der Waals surface area contributed by atoms with Crippen molar-refractivity contribution in [3.63, 3.8) is 0 Å². The lowest BCUT2D eigenvalue weighted by Gasteiger charge is -2.33. The number of rotatable bonds is 4. The molecule has 0 N–H and O–H groups in total. The number of carbonyl (C=O) groups excluding carboxylic acids is 1. The van der Waals surface area contributed by atoms with E-state index in [1.165, 1.54) is 12.1 Å². The van der Waals surface area contributed by atoms with E-state index < -0.39 is 4.92 Å². The molecule has 0 aliphatic carbocycles. The van der Waals surface area contributed by atoms with Gasteiger partial charge in [-0.05, 0) is 23.4 Å². The molecule has 0 spiro atoms. The number of thiophene rings is 1. The first-order valence-electron chi connectivity index (χ1n) is 8.29. The largest absolute Gasteiger partial charge is 0.335 e. The van der Waals surface area contributed by atoms with Crippen LogP contribution in [0.25, 0.3) is 11.5 Å². The lowest BCUT2D eigenvalue weighted by atomic mass is 10.2. The van der Waals surface area contributed by atoms with Crippen LogP contribution in [0.3, 0.4) is 0 Å². The van der Waals surface area contributed by atoms with E-state index >= 15 is 0 Å². The average Bonchev–Trinajstić information content (AvgIpc) is 3.38. The lowest BCUT2D eigenvalue weighted by Crippen LogP contribution is -2.49. The van der Waals surface area contributed by atoms with E-state index in [1.54, 1.807) is 4.90 Å². The summed E-state index contributed by atoms with van der Waals surface area (Å²) in [7, 11) is 0. The predicted molar refractivity (Wildman–Crippen MR) is 98.8 cm³/mol. The molecular weight excluding hydrogens is 370 g/mol. The Hall–Kier alpha value is -3.27. The van der Waals surface area contributed by atoms with E-state index in [1.807, 2.05) is 35.2 Å². The highest BCUT2D eigenvalue weighted by Gasteiger charge is 2.26. The van der Waals surface area contributed by atoms with Crippen molar-refractivity contribution in [2.75, 3.05) is 31.1 Å². The summed E-state index contributed by atoms with van der Waals surface area (Å²) in [6.07, 6.45) is 0. The van der Waals surface area contributed by atoms with E-state index in [2.05, 4.69) is 10.1 Å². The van der Waals surface area contributed by atoms with Gasteiger partial charge in [0.25, 0.3) is 17.7 Å². The smallest absolute Gasteiger partial charge is 0.324 e. The average molecular weight is 385 g/mol. The van der Waals surface area contributed by atoms with Gasteiger partial charge in [0.05, 0.1) is 9.80 Å². The first kappa shape index (κ1) is 17.2. The van der Waals surface area contributed by atoms with E-state index in [9.17, 15) is 14.9 Å². The summed E-state index contributed by atoms with van der Waals surface area (Å²) < 4.78 is 5.33. The highest BCUT2D eigenvalue weighted by molar-refractivity contribution is 7.17. The van der Waals surface area contributed by atoms with Crippen LogP contribution in [-0.2, 0) is 0 Å². The van der Waals surface area contributed by atoms with Crippen molar-refractivity contribution in [2.24, 2.45) is 0 Å². The summed E-state index contributed by atoms with van der Waals surface area (Å²) >= 11 is 0.897. The molecule has 1 amide bonds. The molecule has 0 saturated carbocycles. The van der Waals surface area contributed by atoms with E-state index in [4.69, 9.17) is 4.52 Å². The highest BCUT2D eigenvalue weighted by Crippen LogP contribution is 2.26. The number of benzene rings is 1. The van der Waals surface area contributed by atoms with Crippen LogP contribution < -0.4 is 4.90 Å². The van der Waals surface area contributed by atoms with Crippen molar-refractivity contribution in [1.82, 2.24) is 15.0 Å². The third kappa shape index (κ3) is 3.51. The van der Waals surface area contributed by atoms with Gasteiger partial charge in [0.15, 0.2) is 0 Å². The van der Waals surface area contributed by atoms with Gasteiger partial charge in [-0.1, -0.05) is 29.5 Å². The Kier molecular flexibility index (Phi) is 4.55. The number of hydrogen-bond acceptors (Lipinski definition) is 8. The minimum absolute atomic E-state index is 0.0303. The number of nitrogens with zero attached hydrogens (tertiary/aromatic N) is 5. The molecule has 4 rings (SSSR count). The molecule has 1 aromatic carbocycles. The number of amides is 1. The molecule has 1 fully saturated rings. The Bertz CT molecular complexity index is 963. The van der Waals surface area contributed by atoms with Crippen molar-refractivity contribution in [1.29, 1.82) is 0 Å². The maximum Gasteiger partial charge on any atom is 0.324 e. The quantitative estimate of drug-likeness (QED) is 0.502. The Labute approximate surface area is 158 Å². The molecule has 1 aliphatic heterocycles. The van der Waals surface area contributed by atoms with Crippen LogP contribution >= 0.6 is 11.3 Å². The first-order valence-corrected chi connectivity index (χ1v) is 9.11. The molecule has 138 valence electrons. The number of hydrogen-bond donors (Lipinski definition) is 0. The van der Waals surface area contributed by atoms with Crippen LogP contribution in [0, 0.1) is 10.1 Å². The van der Waals surface area contributed by atoms with Crippen molar-refractivity contribution in [3.8, 4) is 11.5 Å². The molecule has 1 aliphatic rings. The van der Waals surface area contributed by atoms with Crippen LogP contribution in [0.5, 0.6) is 0 Å². The summed E-state index contributed by atoms with van der Waals surface area (Å²) in [6.45, 7) is 2.10. The van der Waals surface area contributed by atoms with Gasteiger partial charge < -0.3 is 14.3 Å². The lowest BCUT2D eigenvalue weighted by molar-refractivity contribution is -0.380. The van der Waals surface area contributed by atoms with Crippen molar-refractivity contribution < 1.29 is 14.2 Å². The summed E-state index contributed by atoms with van der Waals surface area (Å²) in [4.78, 5) is 31.2. The monoisotopic (exact) mass is 385 g/mol. The van der Waals surface area contributed by atoms with Gasteiger partial charge in [0, 0.05) is 37.8 Å². The van der Waals surface area contributed by atoms with Crippen LogP contribution in [0.4, 0.5) is 10.9 Å². The zero-order valence-electron chi connectivity index (χ0n) is 14.1. The maximum atomic E-state index is 12.5. The van der Waals surface area contributed by atoms with Gasteiger partial charge in [0.1, 0.15) is 0 Å². The van der Waals surface area contributed by atoms with Gasteiger partial charge in [-0.15, -0.1) is 0 Å². The third-order valence-electron chi connectivity index (χ3n) is 4.27. The molecule has 0 radical (unpaired) electrons. The second kappa shape index (κ2) is 7.16. The van der Waals surface area contributed by atoms with Gasteiger partial charge >= 0.3 is 5.00 Å². The molecule has 0 bridgehead atoms. The summed E-state index contributed by atoms with van der Waals surface area (Å²) in [6, 6.07) is 12.4. The molecule has 0 unspecified atom stereocenters. The normalized spacial score (nSPS) is 14.4. The molecule has 27 heavy (non-hydrogen) atoms.